The molecule has 3 N–H and O–H groups in total. The van der Waals surface area contributed by atoms with Crippen molar-refractivity contribution < 1.29 is 14.3 Å². The van der Waals surface area contributed by atoms with Gasteiger partial charge < -0.3 is 10.8 Å². The SMILES string of the molecule is N[C@@H](CC1(F)C=NC=N1)C(=O)O. The molecule has 1 rings (SSSR count). The highest BCUT2D eigenvalue weighted by Gasteiger charge is 2.33. The van der Waals surface area contributed by atoms with Crippen LogP contribution < -0.4 is 5.73 Å². The molecule has 0 spiro atoms. The Kier molecular flexibility index (Phi) is 2.18. The molecule has 0 aliphatic carbocycles. The summed E-state index contributed by atoms with van der Waals surface area (Å²) in [6.07, 6.45) is 1.59. The minimum atomic E-state index is -2.03. The molecule has 0 saturated carbocycles. The molecule has 6 heteroatoms. The standard InChI is InChI=1S/C6H8FN3O2/c7-6(2-9-3-10-6)1-4(8)5(11)12/h2-4H,1,8H2,(H,11,12)/t4-,6?/m0/s1. The second-order valence-electron chi connectivity index (χ2n) is 2.49. The van der Waals surface area contributed by atoms with Crippen LogP contribution in [0.4, 0.5) is 4.39 Å². The molecule has 0 aromatic carbocycles. The number of aliphatic carboxylic acids is 1. The van der Waals surface area contributed by atoms with Crippen molar-refractivity contribution in [3.05, 3.63) is 0 Å². The van der Waals surface area contributed by atoms with Crippen molar-refractivity contribution in [3.63, 3.8) is 0 Å². The third-order valence-electron chi connectivity index (χ3n) is 1.43. The van der Waals surface area contributed by atoms with Crippen LogP contribution in [-0.4, -0.2) is 35.5 Å². The van der Waals surface area contributed by atoms with Crippen molar-refractivity contribution in [3.8, 4) is 0 Å². The summed E-state index contributed by atoms with van der Waals surface area (Å²) >= 11 is 0. The largest absolute Gasteiger partial charge is 0.480 e. The third-order valence-corrected chi connectivity index (χ3v) is 1.43. The number of rotatable bonds is 3. The normalized spacial score (nSPS) is 29.2. The van der Waals surface area contributed by atoms with Crippen LogP contribution in [0.2, 0.25) is 0 Å². The Balaban J connectivity index is 2.56. The second kappa shape index (κ2) is 2.98. The van der Waals surface area contributed by atoms with Crippen LogP contribution >= 0.6 is 0 Å². The van der Waals surface area contributed by atoms with Crippen LogP contribution in [0.25, 0.3) is 0 Å². The predicted molar refractivity (Wildman–Crippen MR) is 41.1 cm³/mol. The molecule has 12 heavy (non-hydrogen) atoms. The van der Waals surface area contributed by atoms with E-state index < -0.39 is 17.8 Å². The summed E-state index contributed by atoms with van der Waals surface area (Å²) in [7, 11) is 0. The van der Waals surface area contributed by atoms with Gasteiger partial charge in [0, 0.05) is 6.42 Å². The first-order valence-corrected chi connectivity index (χ1v) is 3.29. The average molecular weight is 173 g/mol. The van der Waals surface area contributed by atoms with E-state index in [1.54, 1.807) is 0 Å². The highest BCUT2D eigenvalue weighted by Crippen LogP contribution is 2.19. The highest BCUT2D eigenvalue weighted by molar-refractivity contribution is 5.85. The van der Waals surface area contributed by atoms with Gasteiger partial charge in [-0.2, -0.15) is 0 Å². The number of carboxylic acids is 1. The van der Waals surface area contributed by atoms with E-state index in [4.69, 9.17) is 10.8 Å². The lowest BCUT2D eigenvalue weighted by molar-refractivity contribution is -0.139. The number of aliphatic imine (C=N–C) groups is 2. The maximum absolute atomic E-state index is 13.2. The van der Waals surface area contributed by atoms with Crippen LogP contribution in [0, 0.1) is 0 Å². The minimum absolute atomic E-state index is 0.387. The van der Waals surface area contributed by atoms with Crippen molar-refractivity contribution in [1.82, 2.24) is 0 Å². The topological polar surface area (TPSA) is 88.0 Å². The fourth-order valence-electron chi connectivity index (χ4n) is 0.811. The molecule has 66 valence electrons. The van der Waals surface area contributed by atoms with Crippen molar-refractivity contribution in [2.45, 2.75) is 18.3 Å². The second-order valence-corrected chi connectivity index (χ2v) is 2.49. The van der Waals surface area contributed by atoms with Crippen LogP contribution in [-0.2, 0) is 4.79 Å². The molecule has 1 aliphatic heterocycles. The summed E-state index contributed by atoms with van der Waals surface area (Å²) in [6.45, 7) is 0. The number of halogens is 1. The molecule has 1 heterocycles. The van der Waals surface area contributed by atoms with Gasteiger partial charge in [-0.3, -0.25) is 4.79 Å². The van der Waals surface area contributed by atoms with E-state index in [-0.39, 0.29) is 6.42 Å². The summed E-state index contributed by atoms with van der Waals surface area (Å²) in [5.74, 6) is -3.28. The minimum Gasteiger partial charge on any atom is -0.480 e. The lowest BCUT2D eigenvalue weighted by Crippen LogP contribution is -2.38. The predicted octanol–water partition coefficient (Wildman–Crippen LogP) is -0.433. The molecular weight excluding hydrogens is 165 g/mol. The average Bonchev–Trinajstić information content (AvgIpc) is 2.35. The lowest BCUT2D eigenvalue weighted by Gasteiger charge is -2.14. The van der Waals surface area contributed by atoms with E-state index in [0.717, 1.165) is 12.6 Å². The molecule has 0 radical (unpaired) electrons. The zero-order valence-corrected chi connectivity index (χ0v) is 6.14. The number of hydrogen-bond donors (Lipinski definition) is 2. The molecule has 0 amide bonds. The maximum atomic E-state index is 13.2. The van der Waals surface area contributed by atoms with Gasteiger partial charge in [0.2, 0.25) is 5.79 Å². The quantitative estimate of drug-likeness (QED) is 0.567. The van der Waals surface area contributed by atoms with Gasteiger partial charge in [0.05, 0.1) is 6.21 Å². The van der Waals surface area contributed by atoms with Crippen LogP contribution in [0.5, 0.6) is 0 Å². The summed E-state index contributed by atoms with van der Waals surface area (Å²) in [6, 6.07) is -1.25. The summed E-state index contributed by atoms with van der Waals surface area (Å²) in [5.41, 5.74) is 5.11. The molecule has 0 saturated heterocycles. The lowest BCUT2D eigenvalue weighted by atomic mass is 10.1. The Labute approximate surface area is 67.8 Å². The van der Waals surface area contributed by atoms with E-state index in [2.05, 4.69) is 9.98 Å². The number of carbonyl (C=O) groups is 1. The first-order chi connectivity index (χ1) is 5.53. The fourth-order valence-corrected chi connectivity index (χ4v) is 0.811. The molecule has 2 atom stereocenters. The van der Waals surface area contributed by atoms with Crippen LogP contribution in [0.3, 0.4) is 0 Å². The molecular formula is C6H8FN3O2. The zero-order chi connectivity index (χ0) is 9.19. The monoisotopic (exact) mass is 173 g/mol. The molecule has 0 bridgehead atoms. The number of hydrogen-bond acceptors (Lipinski definition) is 4. The van der Waals surface area contributed by atoms with Gasteiger partial charge in [0.25, 0.3) is 0 Å². The van der Waals surface area contributed by atoms with Crippen molar-refractivity contribution in [2.75, 3.05) is 0 Å². The molecule has 0 aromatic rings. The van der Waals surface area contributed by atoms with Gasteiger partial charge in [-0.1, -0.05) is 0 Å². The third kappa shape index (κ3) is 1.85. The molecule has 1 unspecified atom stereocenters. The molecule has 5 nitrogen and oxygen atoms in total. The van der Waals surface area contributed by atoms with Crippen molar-refractivity contribution >= 4 is 18.5 Å². The van der Waals surface area contributed by atoms with Gasteiger partial charge in [0.1, 0.15) is 12.4 Å². The molecule has 0 aromatic heterocycles. The van der Waals surface area contributed by atoms with Gasteiger partial charge in [-0.15, -0.1) is 0 Å². The van der Waals surface area contributed by atoms with Gasteiger partial charge in [0.15, 0.2) is 0 Å². The van der Waals surface area contributed by atoms with Gasteiger partial charge in [-0.05, 0) is 0 Å². The first-order valence-electron chi connectivity index (χ1n) is 3.29. The van der Waals surface area contributed by atoms with E-state index in [1.165, 1.54) is 0 Å². The molecule has 1 aliphatic rings. The Morgan fingerprint density at radius 1 is 1.83 bits per heavy atom. The maximum Gasteiger partial charge on any atom is 0.320 e. The zero-order valence-electron chi connectivity index (χ0n) is 6.14. The van der Waals surface area contributed by atoms with Gasteiger partial charge in [-0.25, -0.2) is 14.4 Å². The van der Waals surface area contributed by atoms with Crippen LogP contribution in [0.15, 0.2) is 9.98 Å². The van der Waals surface area contributed by atoms with Gasteiger partial charge >= 0.3 is 5.97 Å². The Hall–Kier alpha value is -1.30. The summed E-state index contributed by atoms with van der Waals surface area (Å²) < 4.78 is 13.2. The summed E-state index contributed by atoms with van der Waals surface area (Å²) in [4.78, 5) is 17.0. The number of alkyl halides is 1. The summed E-state index contributed by atoms with van der Waals surface area (Å²) in [5, 5.41) is 8.37. The highest BCUT2D eigenvalue weighted by atomic mass is 19.1. The van der Waals surface area contributed by atoms with E-state index >= 15 is 0 Å². The Morgan fingerprint density at radius 2 is 2.50 bits per heavy atom. The van der Waals surface area contributed by atoms with Crippen molar-refractivity contribution in [1.29, 1.82) is 0 Å². The number of nitrogens with two attached hydrogens (primary N) is 1. The smallest absolute Gasteiger partial charge is 0.320 e. The van der Waals surface area contributed by atoms with Crippen molar-refractivity contribution in [2.24, 2.45) is 15.7 Å². The van der Waals surface area contributed by atoms with E-state index in [0.29, 0.717) is 0 Å². The number of nitrogens with zero attached hydrogens (tertiary/aromatic N) is 2. The fraction of sp³-hybridized carbons (Fsp3) is 0.500. The van der Waals surface area contributed by atoms with Crippen LogP contribution in [0.1, 0.15) is 6.42 Å². The van der Waals surface area contributed by atoms with E-state index in [9.17, 15) is 9.18 Å². The number of carboxylic acid groups (broad SMARTS) is 1. The first kappa shape index (κ1) is 8.79. The Morgan fingerprint density at radius 3 is 2.92 bits per heavy atom. The Bertz CT molecular complexity index is 239. The molecule has 0 fully saturated rings. The van der Waals surface area contributed by atoms with E-state index in [1.807, 2.05) is 0 Å².